The predicted octanol–water partition coefficient (Wildman–Crippen LogP) is 2.10. The number of carbonyl (C=O) groups is 1. The quantitative estimate of drug-likeness (QED) is 0.711. The van der Waals surface area contributed by atoms with Crippen LogP contribution >= 0.6 is 0 Å². The summed E-state index contributed by atoms with van der Waals surface area (Å²) >= 11 is 0. The van der Waals surface area contributed by atoms with Crippen molar-refractivity contribution < 1.29 is 14.6 Å². The molecule has 1 atom stereocenters. The number of rotatable bonds is 8. The fraction of sp³-hybridized carbons (Fsp3) is 0.933. The number of aliphatic hydroxyl groups is 1. The third kappa shape index (κ3) is 6.39. The van der Waals surface area contributed by atoms with E-state index in [4.69, 9.17) is 4.74 Å². The van der Waals surface area contributed by atoms with Gasteiger partial charge in [0, 0.05) is 19.6 Å². The summed E-state index contributed by atoms with van der Waals surface area (Å²) in [5.41, 5.74) is -0.808. The molecule has 0 heterocycles. The Morgan fingerprint density at radius 1 is 1.47 bits per heavy atom. The number of carbonyl (C=O) groups excluding carboxylic acids is 1. The van der Waals surface area contributed by atoms with Crippen LogP contribution in [0.5, 0.6) is 0 Å². The monoisotopic (exact) mass is 271 g/mol. The summed E-state index contributed by atoms with van der Waals surface area (Å²) in [6.45, 7) is 9.00. The highest BCUT2D eigenvalue weighted by molar-refractivity contribution is 5.76. The molecule has 0 aromatic carbocycles. The van der Waals surface area contributed by atoms with Gasteiger partial charge in [0.1, 0.15) is 0 Å². The Bertz CT molecular complexity index is 283. The Morgan fingerprint density at radius 2 is 2.11 bits per heavy atom. The maximum absolute atomic E-state index is 11.8. The zero-order chi connectivity index (χ0) is 14.5. The molecule has 1 rings (SSSR count). The molecule has 1 fully saturated rings. The Labute approximate surface area is 116 Å². The number of amides is 1. The van der Waals surface area contributed by atoms with Crippen LogP contribution in [0, 0.1) is 11.8 Å². The summed E-state index contributed by atoms with van der Waals surface area (Å²) in [5.74, 6) is 0.918. The molecule has 4 heteroatoms. The Kier molecular flexibility index (Phi) is 6.27. The molecule has 1 aliphatic carbocycles. The van der Waals surface area contributed by atoms with Gasteiger partial charge < -0.3 is 15.2 Å². The highest BCUT2D eigenvalue weighted by Crippen LogP contribution is 2.32. The van der Waals surface area contributed by atoms with E-state index in [-0.39, 0.29) is 5.91 Å². The highest BCUT2D eigenvalue weighted by Gasteiger charge is 2.31. The molecule has 112 valence electrons. The van der Waals surface area contributed by atoms with E-state index in [0.717, 1.165) is 19.4 Å². The molecule has 1 aliphatic rings. The van der Waals surface area contributed by atoms with E-state index < -0.39 is 5.60 Å². The zero-order valence-corrected chi connectivity index (χ0v) is 12.7. The molecule has 0 bridgehead atoms. The molecule has 0 aromatic heterocycles. The molecule has 4 nitrogen and oxygen atoms in total. The topological polar surface area (TPSA) is 58.6 Å². The number of nitrogens with one attached hydrogen (secondary N) is 1. The molecule has 2 N–H and O–H groups in total. The molecule has 0 spiro atoms. The van der Waals surface area contributed by atoms with Crippen LogP contribution in [0.15, 0.2) is 0 Å². The van der Waals surface area contributed by atoms with E-state index in [1.807, 2.05) is 6.92 Å². The predicted molar refractivity (Wildman–Crippen MR) is 75.8 cm³/mol. The van der Waals surface area contributed by atoms with E-state index in [9.17, 15) is 9.90 Å². The standard InChI is InChI=1S/C15H29NO3/c1-5-19-13-6-12(7-13)8-14(17)16-10-15(4,18)9-11(2)3/h11-13,18H,5-10H2,1-4H3,(H,16,17). The third-order valence-electron chi connectivity index (χ3n) is 3.58. The molecule has 1 saturated carbocycles. The number of ether oxygens (including phenoxy) is 1. The van der Waals surface area contributed by atoms with Gasteiger partial charge >= 0.3 is 0 Å². The first-order valence-electron chi connectivity index (χ1n) is 7.43. The molecular formula is C15H29NO3. The normalized spacial score (nSPS) is 25.8. The van der Waals surface area contributed by atoms with Gasteiger partial charge in [-0.2, -0.15) is 0 Å². The van der Waals surface area contributed by atoms with E-state index in [2.05, 4.69) is 19.2 Å². The van der Waals surface area contributed by atoms with Gasteiger partial charge in [-0.15, -0.1) is 0 Å². The minimum atomic E-state index is -0.808. The van der Waals surface area contributed by atoms with Crippen LogP contribution in [0.3, 0.4) is 0 Å². The van der Waals surface area contributed by atoms with Gasteiger partial charge in [-0.25, -0.2) is 0 Å². The second-order valence-corrected chi connectivity index (χ2v) is 6.49. The summed E-state index contributed by atoms with van der Waals surface area (Å²) in [6.07, 6.45) is 3.59. The van der Waals surface area contributed by atoms with Crippen LogP contribution in [0.4, 0.5) is 0 Å². The highest BCUT2D eigenvalue weighted by atomic mass is 16.5. The lowest BCUT2D eigenvalue weighted by Crippen LogP contribution is -2.43. The van der Waals surface area contributed by atoms with Gasteiger partial charge in [-0.3, -0.25) is 4.79 Å². The van der Waals surface area contributed by atoms with Crippen LogP contribution in [0.1, 0.15) is 53.4 Å². The van der Waals surface area contributed by atoms with Gasteiger partial charge in [-0.05, 0) is 44.9 Å². The van der Waals surface area contributed by atoms with Crippen molar-refractivity contribution in [2.45, 2.75) is 65.1 Å². The third-order valence-corrected chi connectivity index (χ3v) is 3.58. The lowest BCUT2D eigenvalue weighted by atomic mass is 9.80. The van der Waals surface area contributed by atoms with Crippen LogP contribution in [-0.2, 0) is 9.53 Å². The van der Waals surface area contributed by atoms with E-state index >= 15 is 0 Å². The van der Waals surface area contributed by atoms with Crippen molar-refractivity contribution in [3.8, 4) is 0 Å². The van der Waals surface area contributed by atoms with Gasteiger partial charge in [-0.1, -0.05) is 13.8 Å². The van der Waals surface area contributed by atoms with Crippen molar-refractivity contribution in [2.24, 2.45) is 11.8 Å². The average Bonchev–Trinajstić information content (AvgIpc) is 2.22. The maximum Gasteiger partial charge on any atom is 0.220 e. The summed E-state index contributed by atoms with van der Waals surface area (Å²) in [6, 6.07) is 0. The summed E-state index contributed by atoms with van der Waals surface area (Å²) in [7, 11) is 0. The molecule has 0 aromatic rings. The lowest BCUT2D eigenvalue weighted by Gasteiger charge is -2.34. The molecule has 19 heavy (non-hydrogen) atoms. The fourth-order valence-corrected chi connectivity index (χ4v) is 2.79. The van der Waals surface area contributed by atoms with Gasteiger partial charge in [0.05, 0.1) is 11.7 Å². The first kappa shape index (κ1) is 16.4. The van der Waals surface area contributed by atoms with Crippen LogP contribution in [0.2, 0.25) is 0 Å². The van der Waals surface area contributed by atoms with Crippen molar-refractivity contribution >= 4 is 5.91 Å². The first-order valence-corrected chi connectivity index (χ1v) is 7.43. The van der Waals surface area contributed by atoms with Gasteiger partial charge in [0.25, 0.3) is 0 Å². The van der Waals surface area contributed by atoms with Crippen molar-refractivity contribution in [1.82, 2.24) is 5.32 Å². The second-order valence-electron chi connectivity index (χ2n) is 6.49. The summed E-state index contributed by atoms with van der Waals surface area (Å²) in [4.78, 5) is 11.8. The largest absolute Gasteiger partial charge is 0.388 e. The van der Waals surface area contributed by atoms with Crippen molar-refractivity contribution in [2.75, 3.05) is 13.2 Å². The molecular weight excluding hydrogens is 242 g/mol. The van der Waals surface area contributed by atoms with Crippen molar-refractivity contribution in [3.63, 3.8) is 0 Å². The fourth-order valence-electron chi connectivity index (χ4n) is 2.79. The molecule has 0 radical (unpaired) electrons. The van der Waals surface area contributed by atoms with Gasteiger partial charge in [0.2, 0.25) is 5.91 Å². The van der Waals surface area contributed by atoms with E-state index in [0.29, 0.717) is 37.3 Å². The summed E-state index contributed by atoms with van der Waals surface area (Å²) in [5, 5.41) is 13.0. The zero-order valence-electron chi connectivity index (χ0n) is 12.7. The SMILES string of the molecule is CCOC1CC(CC(=O)NCC(C)(O)CC(C)C)C1. The smallest absolute Gasteiger partial charge is 0.220 e. The molecule has 1 unspecified atom stereocenters. The Morgan fingerprint density at radius 3 is 2.63 bits per heavy atom. The van der Waals surface area contributed by atoms with Crippen LogP contribution in [0.25, 0.3) is 0 Å². The molecule has 0 aliphatic heterocycles. The van der Waals surface area contributed by atoms with E-state index in [1.54, 1.807) is 6.92 Å². The minimum Gasteiger partial charge on any atom is -0.388 e. The second kappa shape index (κ2) is 7.25. The maximum atomic E-state index is 11.8. The Hall–Kier alpha value is -0.610. The van der Waals surface area contributed by atoms with Crippen LogP contribution < -0.4 is 5.32 Å². The average molecular weight is 271 g/mol. The lowest BCUT2D eigenvalue weighted by molar-refractivity contribution is -0.125. The van der Waals surface area contributed by atoms with Crippen molar-refractivity contribution in [1.29, 1.82) is 0 Å². The van der Waals surface area contributed by atoms with Gasteiger partial charge in [0.15, 0.2) is 0 Å². The number of hydrogen-bond acceptors (Lipinski definition) is 3. The molecule has 0 saturated heterocycles. The number of hydrogen-bond donors (Lipinski definition) is 2. The summed E-state index contributed by atoms with van der Waals surface area (Å²) < 4.78 is 5.48. The van der Waals surface area contributed by atoms with Crippen molar-refractivity contribution in [3.05, 3.63) is 0 Å². The minimum absolute atomic E-state index is 0.0454. The molecule has 1 amide bonds. The van der Waals surface area contributed by atoms with Crippen LogP contribution in [-0.4, -0.2) is 35.9 Å². The first-order chi connectivity index (χ1) is 8.82. The van der Waals surface area contributed by atoms with E-state index in [1.165, 1.54) is 0 Å². The Balaban J connectivity index is 2.15.